The molecule has 0 saturated heterocycles. The number of rotatable bonds is 5. The fraction of sp³-hybridized carbons (Fsp3) is 0.500. The number of carbonyl (C=O) groups excluding carboxylic acids is 2. The molecular formula is C12H19N3O2S. The Labute approximate surface area is 111 Å². The molecule has 18 heavy (non-hydrogen) atoms. The number of nitrogens with one attached hydrogen (secondary N) is 2. The van der Waals surface area contributed by atoms with Crippen LogP contribution in [0, 0.1) is 0 Å². The second-order valence-corrected chi connectivity index (χ2v) is 5.05. The zero-order valence-corrected chi connectivity index (χ0v) is 11.7. The van der Waals surface area contributed by atoms with Crippen LogP contribution < -0.4 is 10.6 Å². The predicted octanol–water partition coefficient (Wildman–Crippen LogP) is 1.41. The van der Waals surface area contributed by atoms with Crippen molar-refractivity contribution < 1.29 is 9.59 Å². The summed E-state index contributed by atoms with van der Waals surface area (Å²) < 4.78 is 0. The normalized spacial score (nSPS) is 12.2. The molecule has 6 heteroatoms. The maximum atomic E-state index is 11.8. The number of amides is 3. The lowest BCUT2D eigenvalue weighted by Crippen LogP contribution is -2.48. The van der Waals surface area contributed by atoms with Crippen LogP contribution in [0.1, 0.15) is 18.7 Å². The van der Waals surface area contributed by atoms with Gasteiger partial charge in [0.15, 0.2) is 0 Å². The molecule has 0 unspecified atom stereocenters. The highest BCUT2D eigenvalue weighted by Crippen LogP contribution is 2.12. The van der Waals surface area contributed by atoms with E-state index in [2.05, 4.69) is 10.6 Å². The van der Waals surface area contributed by atoms with Crippen molar-refractivity contribution >= 4 is 23.3 Å². The van der Waals surface area contributed by atoms with Crippen LogP contribution in [0.2, 0.25) is 0 Å². The molecule has 0 aromatic carbocycles. The third-order valence-electron chi connectivity index (χ3n) is 2.60. The summed E-state index contributed by atoms with van der Waals surface area (Å²) in [5.41, 5.74) is 0. The van der Waals surface area contributed by atoms with Gasteiger partial charge in [0.2, 0.25) is 5.91 Å². The lowest BCUT2D eigenvalue weighted by Gasteiger charge is -2.22. The molecule has 0 aliphatic carbocycles. The van der Waals surface area contributed by atoms with Gasteiger partial charge in [-0.15, -0.1) is 11.3 Å². The Kier molecular flexibility index (Phi) is 5.80. The molecule has 0 aliphatic heterocycles. The van der Waals surface area contributed by atoms with Crippen molar-refractivity contribution in [1.29, 1.82) is 0 Å². The average molecular weight is 269 g/mol. The standard InChI is InChI=1S/C12H19N3O2S/c1-4-13-12(17)14-11(16)9(2)15(3)8-10-6-5-7-18-10/h5-7,9H,4,8H2,1-3H3,(H2,13,14,16,17)/t9-/m1/s1. The maximum Gasteiger partial charge on any atom is 0.321 e. The van der Waals surface area contributed by atoms with E-state index < -0.39 is 6.03 Å². The van der Waals surface area contributed by atoms with Gasteiger partial charge >= 0.3 is 6.03 Å². The Morgan fingerprint density at radius 2 is 2.22 bits per heavy atom. The van der Waals surface area contributed by atoms with Crippen molar-refractivity contribution in [3.8, 4) is 0 Å². The fourth-order valence-electron chi connectivity index (χ4n) is 1.41. The quantitative estimate of drug-likeness (QED) is 0.849. The first-order valence-corrected chi connectivity index (χ1v) is 6.73. The van der Waals surface area contributed by atoms with Crippen molar-refractivity contribution in [2.24, 2.45) is 0 Å². The molecule has 0 saturated carbocycles. The zero-order chi connectivity index (χ0) is 13.5. The molecule has 2 N–H and O–H groups in total. The van der Waals surface area contributed by atoms with Gasteiger partial charge < -0.3 is 5.32 Å². The van der Waals surface area contributed by atoms with E-state index >= 15 is 0 Å². The van der Waals surface area contributed by atoms with E-state index in [4.69, 9.17) is 0 Å². The van der Waals surface area contributed by atoms with Crippen molar-refractivity contribution in [1.82, 2.24) is 15.5 Å². The molecule has 0 bridgehead atoms. The first kappa shape index (κ1) is 14.7. The van der Waals surface area contributed by atoms with E-state index in [9.17, 15) is 9.59 Å². The van der Waals surface area contributed by atoms with Crippen LogP contribution in [-0.2, 0) is 11.3 Å². The van der Waals surface area contributed by atoms with Gasteiger partial charge in [0.25, 0.3) is 0 Å². The summed E-state index contributed by atoms with van der Waals surface area (Å²) in [6.07, 6.45) is 0. The highest BCUT2D eigenvalue weighted by atomic mass is 32.1. The molecule has 1 aromatic rings. The Morgan fingerprint density at radius 1 is 1.50 bits per heavy atom. The van der Waals surface area contributed by atoms with Crippen molar-refractivity contribution in [2.75, 3.05) is 13.6 Å². The van der Waals surface area contributed by atoms with E-state index in [1.165, 1.54) is 4.88 Å². The van der Waals surface area contributed by atoms with Gasteiger partial charge in [0.1, 0.15) is 0 Å². The fourth-order valence-corrected chi connectivity index (χ4v) is 2.17. The van der Waals surface area contributed by atoms with E-state index in [1.807, 2.05) is 29.5 Å². The van der Waals surface area contributed by atoms with Gasteiger partial charge in [-0.25, -0.2) is 4.79 Å². The second-order valence-electron chi connectivity index (χ2n) is 4.02. The number of carbonyl (C=O) groups is 2. The molecule has 1 atom stereocenters. The van der Waals surface area contributed by atoms with Crippen LogP contribution in [-0.4, -0.2) is 36.5 Å². The van der Waals surface area contributed by atoms with Gasteiger partial charge in [0, 0.05) is 18.0 Å². The molecule has 5 nitrogen and oxygen atoms in total. The van der Waals surface area contributed by atoms with Crippen molar-refractivity contribution in [3.05, 3.63) is 22.4 Å². The molecule has 100 valence electrons. The van der Waals surface area contributed by atoms with Crippen LogP contribution >= 0.6 is 11.3 Å². The molecule has 0 spiro atoms. The van der Waals surface area contributed by atoms with E-state index in [0.717, 1.165) is 0 Å². The molecular weight excluding hydrogens is 250 g/mol. The van der Waals surface area contributed by atoms with Crippen LogP contribution in [0.15, 0.2) is 17.5 Å². The first-order valence-electron chi connectivity index (χ1n) is 5.86. The summed E-state index contributed by atoms with van der Waals surface area (Å²) in [5, 5.41) is 6.84. The lowest BCUT2D eigenvalue weighted by molar-refractivity contribution is -0.124. The lowest BCUT2D eigenvalue weighted by atomic mass is 10.2. The molecule has 0 aliphatic rings. The van der Waals surface area contributed by atoms with Gasteiger partial charge in [0.05, 0.1) is 6.04 Å². The largest absolute Gasteiger partial charge is 0.338 e. The zero-order valence-electron chi connectivity index (χ0n) is 10.9. The maximum absolute atomic E-state index is 11.8. The SMILES string of the molecule is CCNC(=O)NC(=O)[C@@H](C)N(C)Cc1cccs1. The number of hydrogen-bond acceptors (Lipinski definition) is 4. The van der Waals surface area contributed by atoms with Gasteiger partial charge in [-0.3, -0.25) is 15.0 Å². The summed E-state index contributed by atoms with van der Waals surface area (Å²) in [6, 6.07) is 3.21. The third-order valence-corrected chi connectivity index (χ3v) is 3.46. The first-order chi connectivity index (χ1) is 8.54. The van der Waals surface area contributed by atoms with Crippen molar-refractivity contribution in [2.45, 2.75) is 26.4 Å². The Morgan fingerprint density at radius 3 is 2.78 bits per heavy atom. The summed E-state index contributed by atoms with van der Waals surface area (Å²) in [7, 11) is 1.86. The smallest absolute Gasteiger partial charge is 0.321 e. The van der Waals surface area contributed by atoms with Crippen LogP contribution in [0.5, 0.6) is 0 Å². The van der Waals surface area contributed by atoms with Gasteiger partial charge in [-0.2, -0.15) is 0 Å². The Bertz CT molecular complexity index is 392. The van der Waals surface area contributed by atoms with E-state index in [-0.39, 0.29) is 11.9 Å². The molecule has 1 heterocycles. The third kappa shape index (κ3) is 4.46. The number of hydrogen-bond donors (Lipinski definition) is 2. The van der Waals surface area contributed by atoms with E-state index in [1.54, 1.807) is 25.2 Å². The highest BCUT2D eigenvalue weighted by Gasteiger charge is 2.20. The predicted molar refractivity (Wildman–Crippen MR) is 72.5 cm³/mol. The molecule has 1 rings (SSSR count). The number of likely N-dealkylation sites (N-methyl/N-ethyl adjacent to an activating group) is 1. The Hall–Kier alpha value is -1.40. The minimum atomic E-state index is -0.445. The summed E-state index contributed by atoms with van der Waals surface area (Å²) in [5.74, 6) is -0.292. The summed E-state index contributed by atoms with van der Waals surface area (Å²) >= 11 is 1.65. The summed E-state index contributed by atoms with van der Waals surface area (Å²) in [4.78, 5) is 26.1. The molecule has 0 fully saturated rings. The number of imide groups is 1. The number of nitrogens with zero attached hydrogens (tertiary/aromatic N) is 1. The number of urea groups is 1. The molecule has 1 aromatic heterocycles. The molecule has 0 radical (unpaired) electrons. The minimum absolute atomic E-state index is 0.292. The monoisotopic (exact) mass is 269 g/mol. The summed E-state index contributed by atoms with van der Waals surface area (Å²) in [6.45, 7) is 4.78. The number of thiophene rings is 1. The van der Waals surface area contributed by atoms with Crippen molar-refractivity contribution in [3.63, 3.8) is 0 Å². The Balaban J connectivity index is 2.45. The van der Waals surface area contributed by atoms with Crippen LogP contribution in [0.3, 0.4) is 0 Å². The van der Waals surface area contributed by atoms with Gasteiger partial charge in [-0.05, 0) is 32.3 Å². The highest BCUT2D eigenvalue weighted by molar-refractivity contribution is 7.09. The topological polar surface area (TPSA) is 61.4 Å². The van der Waals surface area contributed by atoms with Crippen LogP contribution in [0.25, 0.3) is 0 Å². The minimum Gasteiger partial charge on any atom is -0.338 e. The van der Waals surface area contributed by atoms with Crippen LogP contribution in [0.4, 0.5) is 4.79 Å². The second kappa shape index (κ2) is 7.13. The van der Waals surface area contributed by atoms with E-state index in [0.29, 0.717) is 13.1 Å². The average Bonchev–Trinajstić information content (AvgIpc) is 2.80. The van der Waals surface area contributed by atoms with Gasteiger partial charge in [-0.1, -0.05) is 6.07 Å². The molecule has 3 amide bonds.